The monoisotopic (exact) mass is 507 g/mol. The SMILES string of the molecule is C=C1CCCCN1CCCCc1ccc2nc(-c3ccc(F)c(Cl)c3)c(CC(=O)NC(C)C)cc2c1. The van der Waals surface area contributed by atoms with E-state index in [0.717, 1.165) is 55.2 Å². The van der Waals surface area contributed by atoms with Crippen LogP contribution >= 0.6 is 11.6 Å². The van der Waals surface area contributed by atoms with Gasteiger partial charge >= 0.3 is 0 Å². The van der Waals surface area contributed by atoms with Gasteiger partial charge in [0.1, 0.15) is 5.82 Å². The van der Waals surface area contributed by atoms with E-state index in [1.165, 1.54) is 30.2 Å². The fourth-order valence-electron chi connectivity index (χ4n) is 4.85. The predicted molar refractivity (Wildman–Crippen MR) is 147 cm³/mol. The fourth-order valence-corrected chi connectivity index (χ4v) is 5.03. The second-order valence-corrected chi connectivity index (χ2v) is 10.4. The zero-order valence-electron chi connectivity index (χ0n) is 21.2. The van der Waals surface area contributed by atoms with Gasteiger partial charge in [0.05, 0.1) is 22.7 Å². The van der Waals surface area contributed by atoms with Crippen molar-refractivity contribution in [3.8, 4) is 11.3 Å². The summed E-state index contributed by atoms with van der Waals surface area (Å²) < 4.78 is 13.8. The van der Waals surface area contributed by atoms with Crippen LogP contribution in [0.3, 0.4) is 0 Å². The van der Waals surface area contributed by atoms with E-state index in [1.807, 2.05) is 26.0 Å². The molecule has 3 aromatic rings. The van der Waals surface area contributed by atoms with Crippen LogP contribution in [0.1, 0.15) is 57.1 Å². The molecule has 190 valence electrons. The molecular formula is C30H35ClFN3O. The third kappa shape index (κ3) is 6.64. The molecule has 2 aromatic carbocycles. The Morgan fingerprint density at radius 3 is 2.75 bits per heavy atom. The number of benzene rings is 2. The average molecular weight is 508 g/mol. The van der Waals surface area contributed by atoms with Crippen molar-refractivity contribution in [3.05, 3.63) is 76.7 Å². The van der Waals surface area contributed by atoms with Gasteiger partial charge in [0.15, 0.2) is 0 Å². The van der Waals surface area contributed by atoms with Crippen molar-refractivity contribution < 1.29 is 9.18 Å². The standard InChI is InChI=1S/C30H35ClFN3O/c1-20(2)33-29(36)19-25-17-24-16-22(9-5-7-15-35-14-6-4-8-21(35)3)10-13-28(24)34-30(25)23-11-12-27(32)26(31)18-23/h10-13,16-18,20H,3-9,14-15,19H2,1-2H3,(H,33,36). The molecule has 1 amide bonds. The van der Waals surface area contributed by atoms with E-state index in [1.54, 1.807) is 12.1 Å². The predicted octanol–water partition coefficient (Wildman–Crippen LogP) is 7.08. The minimum absolute atomic E-state index is 0.0375. The number of fused-ring (bicyclic) bond motifs is 1. The zero-order chi connectivity index (χ0) is 25.7. The van der Waals surface area contributed by atoms with Gasteiger partial charge in [-0.1, -0.05) is 24.2 Å². The molecule has 0 unspecified atom stereocenters. The van der Waals surface area contributed by atoms with Crippen LogP contribution in [0.15, 0.2) is 54.7 Å². The highest BCUT2D eigenvalue weighted by Gasteiger charge is 2.16. The van der Waals surface area contributed by atoms with Crippen molar-refractivity contribution in [2.45, 2.75) is 64.8 Å². The van der Waals surface area contributed by atoms with Gasteiger partial charge in [-0.2, -0.15) is 0 Å². The van der Waals surface area contributed by atoms with Crippen LogP contribution in [0.2, 0.25) is 5.02 Å². The van der Waals surface area contributed by atoms with Gasteiger partial charge < -0.3 is 10.2 Å². The highest BCUT2D eigenvalue weighted by molar-refractivity contribution is 6.31. The number of allylic oxidation sites excluding steroid dienone is 1. The molecule has 1 N–H and O–H groups in total. The van der Waals surface area contributed by atoms with Gasteiger partial charge in [-0.05, 0) is 99.9 Å². The fraction of sp³-hybridized carbons (Fsp3) is 0.400. The number of piperidine rings is 1. The van der Waals surface area contributed by atoms with Gasteiger partial charge in [0.2, 0.25) is 5.91 Å². The number of halogens is 2. The molecular weight excluding hydrogens is 473 g/mol. The van der Waals surface area contributed by atoms with E-state index < -0.39 is 5.82 Å². The van der Waals surface area contributed by atoms with E-state index in [0.29, 0.717) is 11.3 Å². The van der Waals surface area contributed by atoms with Crippen LogP contribution < -0.4 is 5.32 Å². The lowest BCUT2D eigenvalue weighted by molar-refractivity contribution is -0.120. The molecule has 0 aliphatic carbocycles. The Morgan fingerprint density at radius 2 is 2.00 bits per heavy atom. The van der Waals surface area contributed by atoms with Gasteiger partial charge in [0, 0.05) is 35.8 Å². The Kier molecular flexibility index (Phi) is 8.63. The molecule has 1 aliphatic heterocycles. The van der Waals surface area contributed by atoms with Crippen molar-refractivity contribution in [2.75, 3.05) is 13.1 Å². The molecule has 1 aliphatic rings. The quantitative estimate of drug-likeness (QED) is 0.314. The third-order valence-electron chi connectivity index (χ3n) is 6.69. The first-order valence-corrected chi connectivity index (χ1v) is 13.3. The Bertz CT molecular complexity index is 1260. The number of rotatable bonds is 9. The van der Waals surface area contributed by atoms with Crippen LogP contribution in [0.25, 0.3) is 22.2 Å². The summed E-state index contributed by atoms with van der Waals surface area (Å²) in [5.41, 5.74) is 5.52. The normalized spacial score (nSPS) is 14.0. The molecule has 4 rings (SSSR count). The number of carbonyl (C=O) groups excluding carboxylic acids is 1. The van der Waals surface area contributed by atoms with E-state index in [4.69, 9.17) is 16.6 Å². The first-order valence-electron chi connectivity index (χ1n) is 12.9. The number of nitrogens with one attached hydrogen (secondary N) is 1. The Labute approximate surface area is 218 Å². The number of unbranched alkanes of at least 4 members (excludes halogenated alkanes) is 1. The molecule has 0 atom stereocenters. The molecule has 1 aromatic heterocycles. The number of aryl methyl sites for hydroxylation is 1. The topological polar surface area (TPSA) is 45.2 Å². The first kappa shape index (κ1) is 26.2. The number of hydrogen-bond acceptors (Lipinski definition) is 3. The molecule has 6 heteroatoms. The second-order valence-electron chi connectivity index (χ2n) is 10.0. The third-order valence-corrected chi connectivity index (χ3v) is 6.98. The highest BCUT2D eigenvalue weighted by atomic mass is 35.5. The van der Waals surface area contributed by atoms with Crippen molar-refractivity contribution >= 4 is 28.4 Å². The van der Waals surface area contributed by atoms with E-state index in [9.17, 15) is 9.18 Å². The van der Waals surface area contributed by atoms with Gasteiger partial charge in [-0.25, -0.2) is 9.37 Å². The van der Waals surface area contributed by atoms with E-state index >= 15 is 0 Å². The molecule has 0 radical (unpaired) electrons. The van der Waals surface area contributed by atoms with Crippen molar-refractivity contribution in [1.29, 1.82) is 0 Å². The molecule has 0 spiro atoms. The van der Waals surface area contributed by atoms with Crippen molar-refractivity contribution in [1.82, 2.24) is 15.2 Å². The summed E-state index contributed by atoms with van der Waals surface area (Å²) in [7, 11) is 0. The largest absolute Gasteiger partial charge is 0.375 e. The van der Waals surface area contributed by atoms with E-state index in [2.05, 4.69) is 28.9 Å². The number of aromatic nitrogens is 1. The number of hydrogen-bond donors (Lipinski definition) is 1. The molecule has 1 fully saturated rings. The van der Waals surface area contributed by atoms with Crippen LogP contribution in [0.4, 0.5) is 4.39 Å². The summed E-state index contributed by atoms with van der Waals surface area (Å²) in [5, 5.41) is 3.99. The summed E-state index contributed by atoms with van der Waals surface area (Å²) in [6.07, 6.45) is 7.09. The number of amides is 1. The Morgan fingerprint density at radius 1 is 1.17 bits per heavy atom. The number of likely N-dealkylation sites (tertiary alicyclic amines) is 1. The molecule has 0 bridgehead atoms. The lowest BCUT2D eigenvalue weighted by Crippen LogP contribution is -2.31. The highest BCUT2D eigenvalue weighted by Crippen LogP contribution is 2.30. The summed E-state index contributed by atoms with van der Waals surface area (Å²) in [5.74, 6) is -0.550. The van der Waals surface area contributed by atoms with Gasteiger partial charge in [-0.3, -0.25) is 4.79 Å². The first-order chi connectivity index (χ1) is 17.3. The van der Waals surface area contributed by atoms with Gasteiger partial charge in [-0.15, -0.1) is 0 Å². The maximum absolute atomic E-state index is 13.8. The molecule has 4 nitrogen and oxygen atoms in total. The zero-order valence-corrected chi connectivity index (χ0v) is 22.0. The molecule has 36 heavy (non-hydrogen) atoms. The Hall–Kier alpha value is -2.92. The minimum Gasteiger partial charge on any atom is -0.375 e. The van der Waals surface area contributed by atoms with Crippen molar-refractivity contribution in [3.63, 3.8) is 0 Å². The summed E-state index contributed by atoms with van der Waals surface area (Å²) in [6, 6.07) is 13.0. The number of nitrogens with zero attached hydrogens (tertiary/aromatic N) is 2. The maximum Gasteiger partial charge on any atom is 0.224 e. The summed E-state index contributed by atoms with van der Waals surface area (Å²) in [6.45, 7) is 10.3. The van der Waals surface area contributed by atoms with Crippen LogP contribution in [-0.2, 0) is 17.6 Å². The lowest BCUT2D eigenvalue weighted by Gasteiger charge is -2.30. The second kappa shape index (κ2) is 11.9. The van der Waals surface area contributed by atoms with E-state index in [-0.39, 0.29) is 23.4 Å². The average Bonchev–Trinajstić information content (AvgIpc) is 2.83. The lowest BCUT2D eigenvalue weighted by atomic mass is 9.98. The van der Waals surface area contributed by atoms with Gasteiger partial charge in [0.25, 0.3) is 0 Å². The smallest absolute Gasteiger partial charge is 0.224 e. The minimum atomic E-state index is -0.477. The van der Waals surface area contributed by atoms with Crippen LogP contribution in [0.5, 0.6) is 0 Å². The molecule has 2 heterocycles. The summed E-state index contributed by atoms with van der Waals surface area (Å²) in [4.78, 5) is 19.9. The molecule has 0 saturated carbocycles. The maximum atomic E-state index is 13.8. The summed E-state index contributed by atoms with van der Waals surface area (Å²) >= 11 is 6.06. The number of pyridine rings is 1. The number of carbonyl (C=O) groups is 1. The molecule has 1 saturated heterocycles. The van der Waals surface area contributed by atoms with Crippen molar-refractivity contribution in [2.24, 2.45) is 0 Å². The van der Waals surface area contributed by atoms with Crippen LogP contribution in [-0.4, -0.2) is 34.9 Å². The van der Waals surface area contributed by atoms with Crippen LogP contribution in [0, 0.1) is 5.82 Å². The Balaban J connectivity index is 1.55.